The van der Waals surface area contributed by atoms with Crippen LogP contribution in [-0.2, 0) is 32.9 Å². The Kier molecular flexibility index (Phi) is 12.8. The average Bonchev–Trinajstić information content (AvgIpc) is 3.50. The SMILES string of the molecule is CC(C)Cc1cc(-c2[c-]cccc2)ncc1[Si](C)(C)C.CC(c1ccccc1)c1cccc2c1oc1c(-c3cc(CC(C)(C)C)ccn3)[c-]ccc12.[Ir]. The first-order chi connectivity index (χ1) is 24.8. The van der Waals surface area contributed by atoms with Gasteiger partial charge in [-0.15, -0.1) is 54.1 Å². The molecule has 0 saturated heterocycles. The molecule has 0 spiro atoms. The minimum absolute atomic E-state index is 0. The van der Waals surface area contributed by atoms with E-state index in [1.54, 1.807) is 0 Å². The summed E-state index contributed by atoms with van der Waals surface area (Å²) >= 11 is 0. The average molecular weight is 893 g/mol. The summed E-state index contributed by atoms with van der Waals surface area (Å²) in [6.45, 7) is 20.7. The van der Waals surface area contributed by atoms with Crippen LogP contribution in [0, 0.1) is 23.5 Å². The second-order valence-electron chi connectivity index (χ2n) is 16.7. The molecule has 3 heterocycles. The molecule has 0 fully saturated rings. The maximum Gasteiger partial charge on any atom is 0.124 e. The van der Waals surface area contributed by atoms with Gasteiger partial charge in [0.2, 0.25) is 0 Å². The Hall–Kier alpha value is -4.15. The third kappa shape index (κ3) is 9.70. The number of hydrogen-bond acceptors (Lipinski definition) is 3. The minimum Gasteiger partial charge on any atom is -0.500 e. The molecule has 0 aliphatic carbocycles. The molecule has 1 radical (unpaired) electrons. The van der Waals surface area contributed by atoms with Crippen molar-refractivity contribution in [3.8, 4) is 22.5 Å². The Labute approximate surface area is 331 Å². The molecule has 275 valence electrons. The zero-order valence-corrected chi connectivity index (χ0v) is 36.1. The van der Waals surface area contributed by atoms with Crippen LogP contribution in [0.1, 0.15) is 69.7 Å². The molecule has 7 aromatic rings. The molecule has 3 aromatic heterocycles. The molecular weight excluding hydrogens is 841 g/mol. The van der Waals surface area contributed by atoms with Gasteiger partial charge in [0.1, 0.15) is 5.58 Å². The third-order valence-electron chi connectivity index (χ3n) is 9.48. The van der Waals surface area contributed by atoms with Gasteiger partial charge in [0.25, 0.3) is 0 Å². The van der Waals surface area contributed by atoms with Gasteiger partial charge < -0.3 is 14.4 Å². The first kappa shape index (κ1) is 40.0. The maximum atomic E-state index is 6.58. The van der Waals surface area contributed by atoms with E-state index in [9.17, 15) is 0 Å². The number of para-hydroxylation sites is 1. The summed E-state index contributed by atoms with van der Waals surface area (Å²) in [7, 11) is -1.34. The van der Waals surface area contributed by atoms with Crippen molar-refractivity contribution >= 4 is 35.2 Å². The Balaban J connectivity index is 0.000000223. The van der Waals surface area contributed by atoms with E-state index in [1.165, 1.54) is 27.4 Å². The molecule has 0 amide bonds. The number of rotatable bonds is 8. The van der Waals surface area contributed by atoms with E-state index in [0.717, 1.165) is 57.3 Å². The van der Waals surface area contributed by atoms with Gasteiger partial charge in [0, 0.05) is 49.4 Å². The molecule has 53 heavy (non-hydrogen) atoms. The number of hydrogen-bond donors (Lipinski definition) is 0. The largest absolute Gasteiger partial charge is 0.500 e. The predicted molar refractivity (Wildman–Crippen MR) is 223 cm³/mol. The van der Waals surface area contributed by atoms with Gasteiger partial charge in [-0.25, -0.2) is 0 Å². The molecule has 0 aliphatic rings. The van der Waals surface area contributed by atoms with Gasteiger partial charge in [-0.3, -0.25) is 0 Å². The van der Waals surface area contributed by atoms with E-state index in [4.69, 9.17) is 4.42 Å². The molecule has 4 aromatic carbocycles. The summed E-state index contributed by atoms with van der Waals surface area (Å²) in [5.41, 5.74) is 11.2. The second-order valence-corrected chi connectivity index (χ2v) is 21.7. The van der Waals surface area contributed by atoms with E-state index in [2.05, 4.69) is 168 Å². The van der Waals surface area contributed by atoms with Gasteiger partial charge in [0.15, 0.2) is 0 Å². The van der Waals surface area contributed by atoms with Crippen molar-refractivity contribution in [2.45, 2.75) is 79.9 Å². The van der Waals surface area contributed by atoms with E-state index >= 15 is 0 Å². The summed E-state index contributed by atoms with van der Waals surface area (Å²) in [4.78, 5) is 9.36. The third-order valence-corrected chi connectivity index (χ3v) is 11.5. The Morgan fingerprint density at radius 1 is 0.736 bits per heavy atom. The zero-order chi connectivity index (χ0) is 37.0. The number of fused-ring (bicyclic) bond motifs is 3. The molecule has 1 atom stereocenters. The first-order valence-electron chi connectivity index (χ1n) is 18.6. The molecule has 7 rings (SSSR count). The van der Waals surface area contributed by atoms with Crippen LogP contribution < -0.4 is 5.19 Å². The minimum atomic E-state index is -1.34. The normalized spacial score (nSPS) is 12.3. The van der Waals surface area contributed by atoms with Gasteiger partial charge >= 0.3 is 0 Å². The number of pyridine rings is 2. The van der Waals surface area contributed by atoms with Gasteiger partial charge in [-0.2, -0.15) is 0 Å². The van der Waals surface area contributed by atoms with Crippen LogP contribution in [-0.4, -0.2) is 18.0 Å². The summed E-state index contributed by atoms with van der Waals surface area (Å²) < 4.78 is 6.58. The monoisotopic (exact) mass is 893 g/mol. The van der Waals surface area contributed by atoms with E-state index in [1.807, 2.05) is 30.5 Å². The molecule has 0 bridgehead atoms. The smallest absolute Gasteiger partial charge is 0.124 e. The molecular formula is C48H52IrN2OSi-2. The first-order valence-corrected chi connectivity index (χ1v) is 22.1. The van der Waals surface area contributed by atoms with Gasteiger partial charge in [-0.05, 0) is 52.4 Å². The van der Waals surface area contributed by atoms with Crippen LogP contribution >= 0.6 is 0 Å². The molecule has 0 saturated carbocycles. The van der Waals surface area contributed by atoms with Crippen molar-refractivity contribution in [1.29, 1.82) is 0 Å². The van der Waals surface area contributed by atoms with Crippen molar-refractivity contribution in [3.63, 3.8) is 0 Å². The van der Waals surface area contributed by atoms with Gasteiger partial charge in [-0.1, -0.05) is 144 Å². The van der Waals surface area contributed by atoms with Crippen molar-refractivity contribution in [2.24, 2.45) is 11.3 Å². The quantitative estimate of drug-likeness (QED) is 0.113. The van der Waals surface area contributed by atoms with Crippen LogP contribution in [0.2, 0.25) is 19.6 Å². The van der Waals surface area contributed by atoms with Crippen LogP contribution in [0.5, 0.6) is 0 Å². The Morgan fingerprint density at radius 3 is 2.15 bits per heavy atom. The molecule has 1 unspecified atom stereocenters. The van der Waals surface area contributed by atoms with Crippen LogP contribution in [0.4, 0.5) is 0 Å². The molecule has 0 aliphatic heterocycles. The van der Waals surface area contributed by atoms with Crippen LogP contribution in [0.15, 0.2) is 120 Å². The fourth-order valence-electron chi connectivity index (χ4n) is 7.05. The summed E-state index contributed by atoms with van der Waals surface area (Å²) in [5.74, 6) is 0.904. The van der Waals surface area contributed by atoms with Gasteiger partial charge in [0.05, 0.1) is 13.7 Å². The van der Waals surface area contributed by atoms with E-state index in [-0.39, 0.29) is 31.4 Å². The van der Waals surface area contributed by atoms with E-state index in [0.29, 0.717) is 5.92 Å². The molecule has 5 heteroatoms. The number of nitrogens with zero attached hydrogens (tertiary/aromatic N) is 2. The van der Waals surface area contributed by atoms with Crippen LogP contribution in [0.3, 0.4) is 0 Å². The fourth-order valence-corrected chi connectivity index (χ4v) is 8.64. The molecule has 0 N–H and O–H groups in total. The maximum absolute atomic E-state index is 6.58. The fraction of sp³-hybridized carbons (Fsp3) is 0.292. The number of aromatic nitrogens is 2. The van der Waals surface area contributed by atoms with Crippen molar-refractivity contribution in [2.75, 3.05) is 0 Å². The zero-order valence-electron chi connectivity index (χ0n) is 32.7. The Bertz CT molecular complexity index is 2260. The van der Waals surface area contributed by atoms with Crippen LogP contribution in [0.25, 0.3) is 44.5 Å². The standard InChI is InChI=1S/C30H28NO.C18H24NSi.Ir/c1-20(22-10-6-5-7-11-22)23-12-8-13-24-25-14-9-15-26(29(25)32-28(23)24)27-18-21(16-17-31-27)19-30(2,3)4;1-14(2)11-16-12-17(15-9-7-6-8-10-15)19-13-18(16)20(3,4)5;/h5-14,16-18,20H,19H2,1-4H3;6-9,12-14H,11H2,1-5H3;/q2*-1;. The topological polar surface area (TPSA) is 38.9 Å². The predicted octanol–water partition coefficient (Wildman–Crippen LogP) is 12.5. The number of furan rings is 1. The summed E-state index contributed by atoms with van der Waals surface area (Å²) in [6, 6.07) is 42.4. The van der Waals surface area contributed by atoms with E-state index < -0.39 is 8.07 Å². The van der Waals surface area contributed by atoms with Crippen molar-refractivity contribution < 1.29 is 24.5 Å². The van der Waals surface area contributed by atoms with Crippen molar-refractivity contribution in [1.82, 2.24) is 9.97 Å². The molecule has 3 nitrogen and oxygen atoms in total. The second kappa shape index (κ2) is 16.9. The summed E-state index contributed by atoms with van der Waals surface area (Å²) in [5, 5.41) is 3.74. The summed E-state index contributed by atoms with van der Waals surface area (Å²) in [6.07, 6.45) is 6.13. The number of benzene rings is 4. The van der Waals surface area contributed by atoms with Crippen molar-refractivity contribution in [3.05, 3.63) is 150 Å². The Morgan fingerprint density at radius 2 is 1.47 bits per heavy atom.